The van der Waals surface area contributed by atoms with Crippen molar-refractivity contribution in [1.82, 2.24) is 5.32 Å². The van der Waals surface area contributed by atoms with Gasteiger partial charge in [0.2, 0.25) is 0 Å². The van der Waals surface area contributed by atoms with Crippen LogP contribution < -0.4 is 5.32 Å². The number of benzene rings is 1. The van der Waals surface area contributed by atoms with Gasteiger partial charge in [-0.25, -0.2) is 8.42 Å². The molecule has 0 bridgehead atoms. The predicted molar refractivity (Wildman–Crippen MR) is 81.2 cm³/mol. The van der Waals surface area contributed by atoms with Crippen molar-refractivity contribution in [3.05, 3.63) is 29.8 Å². The van der Waals surface area contributed by atoms with Crippen molar-refractivity contribution in [2.75, 3.05) is 39.2 Å². The fraction of sp³-hybridized carbons (Fsp3) is 0.600. The number of unbranched alkanes of at least 4 members (excludes halogenated alkanes) is 1. The van der Waals surface area contributed by atoms with Crippen LogP contribution in [0.4, 0.5) is 0 Å². The molecule has 0 aliphatic carbocycles. The summed E-state index contributed by atoms with van der Waals surface area (Å²) >= 11 is 0. The highest BCUT2D eigenvalue weighted by molar-refractivity contribution is 7.91. The van der Waals surface area contributed by atoms with Crippen LogP contribution in [0.2, 0.25) is 0 Å². The van der Waals surface area contributed by atoms with Crippen molar-refractivity contribution in [3.63, 3.8) is 0 Å². The molecule has 6 heteroatoms. The zero-order valence-electron chi connectivity index (χ0n) is 12.4. The van der Waals surface area contributed by atoms with E-state index in [0.717, 1.165) is 24.9 Å². The number of hydrogen-bond donors (Lipinski definition) is 1. The highest BCUT2D eigenvalue weighted by Gasteiger charge is 2.33. The first kappa shape index (κ1) is 16.4. The summed E-state index contributed by atoms with van der Waals surface area (Å²) in [5, 5.41) is 3.34. The summed E-state index contributed by atoms with van der Waals surface area (Å²) in [5.41, 5.74) is 0.897. The summed E-state index contributed by atoms with van der Waals surface area (Å²) in [6.07, 6.45) is 1.92. The van der Waals surface area contributed by atoms with Crippen molar-refractivity contribution in [2.24, 2.45) is 0 Å². The predicted octanol–water partition coefficient (Wildman–Crippen LogP) is 1.55. The summed E-state index contributed by atoms with van der Waals surface area (Å²) in [5.74, 6) is 0.163. The minimum atomic E-state index is -3.11. The molecule has 1 unspecified atom stereocenters. The molecule has 0 amide bonds. The first-order valence-corrected chi connectivity index (χ1v) is 8.92. The van der Waals surface area contributed by atoms with Gasteiger partial charge in [0.1, 0.15) is 0 Å². The number of methoxy groups -OCH3 is 1. The summed E-state index contributed by atoms with van der Waals surface area (Å²) in [6, 6.07) is 7.16. The van der Waals surface area contributed by atoms with Gasteiger partial charge in [0.25, 0.3) is 0 Å². The normalized spacial score (nSPS) is 19.6. The molecule has 0 fully saturated rings. The molecule has 1 aromatic carbocycles. The van der Waals surface area contributed by atoms with Crippen molar-refractivity contribution in [3.8, 4) is 0 Å². The van der Waals surface area contributed by atoms with E-state index in [-0.39, 0.29) is 11.8 Å². The van der Waals surface area contributed by atoms with Gasteiger partial charge in [-0.15, -0.1) is 0 Å². The molecule has 0 aromatic heterocycles. The van der Waals surface area contributed by atoms with Crippen molar-refractivity contribution < 1.29 is 17.9 Å². The van der Waals surface area contributed by atoms with Gasteiger partial charge >= 0.3 is 0 Å². The standard InChI is InChI=1S/C15H23NO4S/c1-19-10-11-20-9-5-4-8-16-14-12-21(17,18)15-7-3-2-6-13(14)15/h2-3,6-7,14,16H,4-5,8-12H2,1H3. The summed E-state index contributed by atoms with van der Waals surface area (Å²) in [4.78, 5) is 0.477. The Balaban J connectivity index is 1.71. The van der Waals surface area contributed by atoms with Crippen LogP contribution in [0.1, 0.15) is 24.4 Å². The summed E-state index contributed by atoms with van der Waals surface area (Å²) < 4.78 is 34.3. The van der Waals surface area contributed by atoms with Crippen LogP contribution in [-0.2, 0) is 19.3 Å². The molecule has 1 aromatic rings. The Morgan fingerprint density at radius 1 is 1.19 bits per heavy atom. The molecule has 21 heavy (non-hydrogen) atoms. The van der Waals surface area contributed by atoms with Crippen LogP contribution in [0, 0.1) is 0 Å². The molecule has 1 atom stereocenters. The molecule has 0 spiro atoms. The molecule has 0 radical (unpaired) electrons. The number of nitrogens with one attached hydrogen (secondary N) is 1. The van der Waals surface area contributed by atoms with E-state index in [9.17, 15) is 8.42 Å². The van der Waals surface area contributed by atoms with Gasteiger partial charge in [0.15, 0.2) is 9.84 Å². The second kappa shape index (κ2) is 7.89. The van der Waals surface area contributed by atoms with E-state index in [1.165, 1.54) is 0 Å². The lowest BCUT2D eigenvalue weighted by molar-refractivity contribution is 0.0687. The molecule has 0 saturated heterocycles. The smallest absolute Gasteiger partial charge is 0.180 e. The zero-order valence-corrected chi connectivity index (χ0v) is 13.2. The molecule has 5 nitrogen and oxygen atoms in total. The first-order valence-electron chi connectivity index (χ1n) is 7.27. The third-order valence-electron chi connectivity index (χ3n) is 3.55. The average molecular weight is 313 g/mol. The van der Waals surface area contributed by atoms with Crippen molar-refractivity contribution >= 4 is 9.84 Å². The summed E-state index contributed by atoms with van der Waals surface area (Å²) in [7, 11) is -1.46. The first-order chi connectivity index (χ1) is 10.1. The third kappa shape index (κ3) is 4.51. The number of hydrogen-bond acceptors (Lipinski definition) is 5. The second-order valence-electron chi connectivity index (χ2n) is 5.14. The maximum absolute atomic E-state index is 12.0. The Morgan fingerprint density at radius 3 is 2.81 bits per heavy atom. The molecule has 0 saturated carbocycles. The van der Waals surface area contributed by atoms with Crippen LogP contribution in [0.15, 0.2) is 29.2 Å². The van der Waals surface area contributed by atoms with E-state index in [2.05, 4.69) is 5.32 Å². The lowest BCUT2D eigenvalue weighted by Crippen LogP contribution is -2.24. The maximum Gasteiger partial charge on any atom is 0.180 e. The monoisotopic (exact) mass is 313 g/mol. The Bertz CT molecular complexity index is 544. The highest BCUT2D eigenvalue weighted by atomic mass is 32.2. The van der Waals surface area contributed by atoms with E-state index in [1.807, 2.05) is 12.1 Å². The van der Waals surface area contributed by atoms with Crippen LogP contribution in [0.25, 0.3) is 0 Å². The number of fused-ring (bicyclic) bond motifs is 1. The largest absolute Gasteiger partial charge is 0.382 e. The Morgan fingerprint density at radius 2 is 2.00 bits per heavy atom. The number of sulfone groups is 1. The maximum atomic E-state index is 12.0. The van der Waals surface area contributed by atoms with Gasteiger partial charge < -0.3 is 14.8 Å². The van der Waals surface area contributed by atoms with E-state index < -0.39 is 9.84 Å². The lowest BCUT2D eigenvalue weighted by Gasteiger charge is -2.12. The zero-order chi connectivity index (χ0) is 15.1. The molecule has 1 aliphatic rings. The highest BCUT2D eigenvalue weighted by Crippen LogP contribution is 2.32. The topological polar surface area (TPSA) is 64.6 Å². The van der Waals surface area contributed by atoms with E-state index in [1.54, 1.807) is 19.2 Å². The van der Waals surface area contributed by atoms with Gasteiger partial charge in [-0.2, -0.15) is 0 Å². The lowest BCUT2D eigenvalue weighted by atomic mass is 10.1. The minimum Gasteiger partial charge on any atom is -0.382 e. The average Bonchev–Trinajstić information content (AvgIpc) is 2.74. The number of ether oxygens (including phenoxy) is 2. The molecule has 1 N–H and O–H groups in total. The fourth-order valence-corrected chi connectivity index (χ4v) is 4.24. The van der Waals surface area contributed by atoms with Gasteiger partial charge in [-0.3, -0.25) is 0 Å². The Hall–Kier alpha value is -0.950. The van der Waals surface area contributed by atoms with E-state index in [0.29, 0.717) is 24.7 Å². The van der Waals surface area contributed by atoms with Gasteiger partial charge in [-0.05, 0) is 31.0 Å². The fourth-order valence-electron chi connectivity index (χ4n) is 2.47. The van der Waals surface area contributed by atoms with Crippen LogP contribution >= 0.6 is 0 Å². The quantitative estimate of drug-likeness (QED) is 0.701. The molecule has 1 heterocycles. The Labute approximate surface area is 126 Å². The molecule has 2 rings (SSSR count). The minimum absolute atomic E-state index is 0.0828. The van der Waals surface area contributed by atoms with Crippen LogP contribution in [0.5, 0.6) is 0 Å². The summed E-state index contributed by atoms with van der Waals surface area (Å²) in [6.45, 7) is 2.75. The molecular formula is C15H23NO4S. The van der Waals surface area contributed by atoms with Gasteiger partial charge in [0.05, 0.1) is 23.9 Å². The van der Waals surface area contributed by atoms with E-state index >= 15 is 0 Å². The number of rotatable bonds is 9. The van der Waals surface area contributed by atoms with Gasteiger partial charge in [-0.1, -0.05) is 18.2 Å². The molecule has 118 valence electrons. The van der Waals surface area contributed by atoms with Crippen LogP contribution in [-0.4, -0.2) is 47.6 Å². The van der Waals surface area contributed by atoms with E-state index in [4.69, 9.17) is 9.47 Å². The van der Waals surface area contributed by atoms with Crippen molar-refractivity contribution in [2.45, 2.75) is 23.8 Å². The SMILES string of the molecule is COCCOCCCCNC1CS(=O)(=O)c2ccccc21. The molecular weight excluding hydrogens is 290 g/mol. The van der Waals surface area contributed by atoms with Crippen molar-refractivity contribution in [1.29, 1.82) is 0 Å². The Kier molecular flexibility index (Phi) is 6.17. The van der Waals surface area contributed by atoms with Crippen LogP contribution in [0.3, 0.4) is 0 Å². The van der Waals surface area contributed by atoms with Gasteiger partial charge in [0, 0.05) is 19.8 Å². The second-order valence-corrected chi connectivity index (χ2v) is 7.14. The third-order valence-corrected chi connectivity index (χ3v) is 5.37. The molecule has 1 aliphatic heterocycles.